The van der Waals surface area contributed by atoms with Crippen LogP contribution in [-0.2, 0) is 19.4 Å². The van der Waals surface area contributed by atoms with Crippen LogP contribution in [0.3, 0.4) is 0 Å². The quantitative estimate of drug-likeness (QED) is 0.346. The Balaban J connectivity index is 1.55. The van der Waals surface area contributed by atoms with Crippen LogP contribution in [0.4, 0.5) is 5.82 Å². The van der Waals surface area contributed by atoms with Crippen molar-refractivity contribution in [3.05, 3.63) is 77.0 Å². The zero-order valence-corrected chi connectivity index (χ0v) is 16.8. The molecule has 5 heteroatoms. The number of aromatic nitrogens is 2. The second-order valence-electron chi connectivity index (χ2n) is 7.63. The average Bonchev–Trinajstić information content (AvgIpc) is 2.71. The Morgan fingerprint density at radius 2 is 1.69 bits per heavy atom. The first-order valence-electron chi connectivity index (χ1n) is 9.93. The molecule has 0 aliphatic carbocycles. The summed E-state index contributed by atoms with van der Waals surface area (Å²) >= 11 is 0. The number of nitrogens with two attached hydrogens (primary N) is 1. The van der Waals surface area contributed by atoms with Crippen LogP contribution in [0.2, 0.25) is 0 Å². The van der Waals surface area contributed by atoms with Gasteiger partial charge in [-0.15, -0.1) is 0 Å². The number of nitrogen functional groups attached to an aromatic ring is 1. The minimum atomic E-state index is -0.501. The highest BCUT2D eigenvalue weighted by atomic mass is 16.3. The molecule has 0 spiro atoms. The van der Waals surface area contributed by atoms with Crippen molar-refractivity contribution in [1.82, 2.24) is 15.3 Å². The largest absolute Gasteiger partial charge is 0.382 e. The van der Waals surface area contributed by atoms with Gasteiger partial charge in [-0.05, 0) is 61.1 Å². The van der Waals surface area contributed by atoms with Gasteiger partial charge in [-0.2, -0.15) is 0 Å². The lowest BCUT2D eigenvalue weighted by atomic mass is 10.0. The Bertz CT molecular complexity index is 1150. The molecule has 0 amide bonds. The third-order valence-corrected chi connectivity index (χ3v) is 5.20. The van der Waals surface area contributed by atoms with E-state index >= 15 is 0 Å². The second-order valence-corrected chi connectivity index (χ2v) is 7.63. The molecule has 29 heavy (non-hydrogen) atoms. The maximum Gasteiger partial charge on any atom is 0.150 e. The highest BCUT2D eigenvalue weighted by molar-refractivity contribution is 6.08. The van der Waals surface area contributed by atoms with Crippen molar-refractivity contribution < 1.29 is 5.11 Å². The number of aliphatic hydroxyl groups excluding tert-OH is 1. The van der Waals surface area contributed by atoms with Gasteiger partial charge < -0.3 is 10.8 Å². The summed E-state index contributed by atoms with van der Waals surface area (Å²) in [6, 6.07) is 17.0. The summed E-state index contributed by atoms with van der Waals surface area (Å²) < 4.78 is 0. The molecule has 5 nitrogen and oxygen atoms in total. The number of aliphatic hydroxyl groups is 1. The summed E-state index contributed by atoms with van der Waals surface area (Å²) in [5.74, 6) is 0.478. The van der Waals surface area contributed by atoms with Crippen LogP contribution >= 0.6 is 0 Å². The fourth-order valence-electron chi connectivity index (χ4n) is 3.58. The van der Waals surface area contributed by atoms with Crippen LogP contribution in [0.1, 0.15) is 29.2 Å². The monoisotopic (exact) mass is 386 g/mol. The molecule has 0 aliphatic rings. The number of pyridine rings is 2. The molecular weight excluding hydrogens is 360 g/mol. The second kappa shape index (κ2) is 8.15. The first kappa shape index (κ1) is 19.3. The molecular formula is C24H26N4O. The SMILES string of the molecule is Cc1ccc2c(c1)nc(N)c1ncc(CCc3ccc(CNC(C)O)cc3)cc12. The predicted octanol–water partition coefficient (Wildman–Crippen LogP) is 3.89. The normalized spacial score (nSPS) is 12.5. The van der Waals surface area contributed by atoms with Gasteiger partial charge in [0.2, 0.25) is 0 Å². The van der Waals surface area contributed by atoms with Crippen LogP contribution in [0.5, 0.6) is 0 Å². The van der Waals surface area contributed by atoms with Crippen LogP contribution in [0, 0.1) is 6.92 Å². The molecule has 2 aromatic carbocycles. The average molecular weight is 386 g/mol. The van der Waals surface area contributed by atoms with Crippen molar-refractivity contribution in [2.45, 2.75) is 39.5 Å². The minimum Gasteiger partial charge on any atom is -0.382 e. The van der Waals surface area contributed by atoms with E-state index in [0.29, 0.717) is 12.4 Å². The van der Waals surface area contributed by atoms with Crippen molar-refractivity contribution in [2.24, 2.45) is 0 Å². The van der Waals surface area contributed by atoms with E-state index < -0.39 is 6.23 Å². The third kappa shape index (κ3) is 4.36. The fraction of sp³-hybridized carbons (Fsp3) is 0.250. The lowest BCUT2D eigenvalue weighted by molar-refractivity contribution is 0.155. The number of rotatable bonds is 6. The molecule has 0 saturated heterocycles. The van der Waals surface area contributed by atoms with Gasteiger partial charge in [0.1, 0.15) is 11.7 Å². The minimum absolute atomic E-state index is 0.478. The Morgan fingerprint density at radius 3 is 2.45 bits per heavy atom. The summed E-state index contributed by atoms with van der Waals surface area (Å²) in [5, 5.41) is 14.5. The summed E-state index contributed by atoms with van der Waals surface area (Å²) in [4.78, 5) is 9.12. The van der Waals surface area contributed by atoms with Crippen molar-refractivity contribution in [2.75, 3.05) is 5.73 Å². The smallest absolute Gasteiger partial charge is 0.150 e. The summed E-state index contributed by atoms with van der Waals surface area (Å²) in [5.41, 5.74) is 12.6. The molecule has 4 aromatic rings. The third-order valence-electron chi connectivity index (χ3n) is 5.20. The Kier molecular flexibility index (Phi) is 5.43. The van der Waals surface area contributed by atoms with E-state index in [1.165, 1.54) is 16.7 Å². The van der Waals surface area contributed by atoms with Gasteiger partial charge in [-0.25, -0.2) is 4.98 Å². The molecule has 1 atom stereocenters. The number of nitrogens with one attached hydrogen (secondary N) is 1. The van der Waals surface area contributed by atoms with Crippen LogP contribution in [0.15, 0.2) is 54.7 Å². The van der Waals surface area contributed by atoms with Gasteiger partial charge in [-0.1, -0.05) is 36.4 Å². The van der Waals surface area contributed by atoms with E-state index in [-0.39, 0.29) is 0 Å². The predicted molar refractivity (Wildman–Crippen MR) is 119 cm³/mol. The van der Waals surface area contributed by atoms with Crippen molar-refractivity contribution in [3.63, 3.8) is 0 Å². The molecule has 2 aromatic heterocycles. The van der Waals surface area contributed by atoms with Gasteiger partial charge in [0, 0.05) is 23.5 Å². The lowest BCUT2D eigenvalue weighted by Crippen LogP contribution is -2.24. The first-order chi connectivity index (χ1) is 14.0. The lowest BCUT2D eigenvalue weighted by Gasteiger charge is -2.10. The Labute approximate surface area is 170 Å². The maximum absolute atomic E-state index is 9.32. The molecule has 148 valence electrons. The Hall–Kier alpha value is -3.02. The van der Waals surface area contributed by atoms with E-state index in [9.17, 15) is 5.11 Å². The summed E-state index contributed by atoms with van der Waals surface area (Å²) in [7, 11) is 0. The van der Waals surface area contributed by atoms with Crippen molar-refractivity contribution in [1.29, 1.82) is 0 Å². The van der Waals surface area contributed by atoms with Crippen LogP contribution in [-0.4, -0.2) is 21.3 Å². The van der Waals surface area contributed by atoms with E-state index in [0.717, 1.165) is 40.2 Å². The van der Waals surface area contributed by atoms with E-state index in [1.807, 2.05) is 6.20 Å². The van der Waals surface area contributed by atoms with Gasteiger partial charge in [-0.3, -0.25) is 10.3 Å². The Morgan fingerprint density at radius 1 is 0.966 bits per heavy atom. The molecule has 0 fully saturated rings. The molecule has 0 radical (unpaired) electrons. The standard InChI is InChI=1S/C24H26N4O/c1-15-3-10-20-21-12-19(14-27-23(21)24(25)28-22(20)11-15)9-6-17-4-7-18(8-5-17)13-26-16(2)29/h3-5,7-8,10-12,14,16,26,29H,6,9,13H2,1-2H3,(H2,25,28). The maximum atomic E-state index is 9.32. The topological polar surface area (TPSA) is 84.1 Å². The van der Waals surface area contributed by atoms with E-state index in [1.54, 1.807) is 6.92 Å². The summed E-state index contributed by atoms with van der Waals surface area (Å²) in [6.07, 6.45) is 3.25. The zero-order chi connectivity index (χ0) is 20.4. The number of hydrogen-bond acceptors (Lipinski definition) is 5. The van der Waals surface area contributed by atoms with Crippen LogP contribution < -0.4 is 11.1 Å². The number of benzene rings is 2. The van der Waals surface area contributed by atoms with Gasteiger partial charge >= 0.3 is 0 Å². The number of hydrogen-bond donors (Lipinski definition) is 3. The van der Waals surface area contributed by atoms with Crippen molar-refractivity contribution >= 4 is 27.6 Å². The molecule has 0 aliphatic heterocycles. The highest BCUT2D eigenvalue weighted by Crippen LogP contribution is 2.28. The molecule has 2 heterocycles. The van der Waals surface area contributed by atoms with Gasteiger partial charge in [0.05, 0.1) is 5.52 Å². The summed E-state index contributed by atoms with van der Waals surface area (Å²) in [6.45, 7) is 4.44. The first-order valence-corrected chi connectivity index (χ1v) is 9.93. The number of anilines is 1. The highest BCUT2D eigenvalue weighted by Gasteiger charge is 2.09. The molecule has 4 N–H and O–H groups in total. The van der Waals surface area contributed by atoms with Gasteiger partial charge in [0.15, 0.2) is 5.82 Å². The van der Waals surface area contributed by atoms with E-state index in [4.69, 9.17) is 5.73 Å². The molecule has 4 rings (SSSR count). The van der Waals surface area contributed by atoms with Gasteiger partial charge in [0.25, 0.3) is 0 Å². The van der Waals surface area contributed by atoms with Crippen molar-refractivity contribution in [3.8, 4) is 0 Å². The van der Waals surface area contributed by atoms with E-state index in [2.05, 4.69) is 70.7 Å². The molecule has 0 bridgehead atoms. The number of nitrogens with zero attached hydrogens (tertiary/aromatic N) is 2. The fourth-order valence-corrected chi connectivity index (χ4v) is 3.58. The number of aryl methyl sites for hydroxylation is 3. The van der Waals surface area contributed by atoms with Crippen LogP contribution in [0.25, 0.3) is 21.8 Å². The molecule has 1 unspecified atom stereocenters. The molecule has 0 saturated carbocycles. The zero-order valence-electron chi connectivity index (χ0n) is 16.8. The number of fused-ring (bicyclic) bond motifs is 3.